The zero-order valence-corrected chi connectivity index (χ0v) is 5.44. The van der Waals surface area contributed by atoms with Crippen molar-refractivity contribution in [3.05, 3.63) is 10.4 Å². The van der Waals surface area contributed by atoms with Crippen LogP contribution in [0.3, 0.4) is 0 Å². The largest absolute Gasteiger partial charge is 0.784 e. The lowest BCUT2D eigenvalue weighted by Crippen LogP contribution is -2.33. The van der Waals surface area contributed by atoms with Crippen molar-refractivity contribution in [2.45, 2.75) is 19.9 Å². The maximum Gasteiger partial charge on any atom is 0.0507 e. The molecule has 0 heterocycles. The number of nitrogens with zero attached hydrogens (tertiary/aromatic N) is 2. The van der Waals surface area contributed by atoms with E-state index in [9.17, 15) is 10.4 Å². The highest BCUT2D eigenvalue weighted by Gasteiger charge is 1.94. The van der Waals surface area contributed by atoms with Crippen LogP contribution in [0.25, 0.3) is 0 Å². The van der Waals surface area contributed by atoms with Gasteiger partial charge < -0.3 is 20.7 Å². The van der Waals surface area contributed by atoms with E-state index in [1.807, 2.05) is 0 Å². The molecule has 0 aromatic carbocycles. The lowest BCUT2D eigenvalue weighted by molar-refractivity contribution is -0.0755. The van der Waals surface area contributed by atoms with Gasteiger partial charge in [0, 0.05) is 0 Å². The van der Waals surface area contributed by atoms with Crippen molar-refractivity contribution >= 4 is 0 Å². The summed E-state index contributed by atoms with van der Waals surface area (Å²) < 4.78 is 0. The Labute approximate surface area is 53.6 Å². The van der Waals surface area contributed by atoms with E-state index >= 15 is 0 Å². The molecule has 5 heteroatoms. The summed E-state index contributed by atoms with van der Waals surface area (Å²) in [6, 6.07) is -0.270. The molecule has 9 heavy (non-hydrogen) atoms. The summed E-state index contributed by atoms with van der Waals surface area (Å²) in [5.41, 5.74) is 0. The van der Waals surface area contributed by atoms with Crippen LogP contribution < -0.4 is 0 Å². The SMILES string of the molecule is CC(C)N([O-])CN([O-])O. The molecule has 0 saturated carbocycles. The van der Waals surface area contributed by atoms with Crippen LogP contribution in [0.15, 0.2) is 0 Å². The van der Waals surface area contributed by atoms with Crippen LogP contribution in [0.4, 0.5) is 0 Å². The van der Waals surface area contributed by atoms with Gasteiger partial charge in [-0.3, -0.25) is 5.23 Å². The van der Waals surface area contributed by atoms with Crippen LogP contribution in [0.5, 0.6) is 0 Å². The maximum absolute atomic E-state index is 10.5. The molecule has 0 spiro atoms. The van der Waals surface area contributed by atoms with Gasteiger partial charge >= 0.3 is 0 Å². The Kier molecular flexibility index (Phi) is 3.67. The van der Waals surface area contributed by atoms with Crippen LogP contribution in [0, 0.1) is 10.4 Å². The fourth-order valence-corrected chi connectivity index (χ4v) is 0.283. The molecule has 0 aliphatic rings. The molecule has 0 aromatic heterocycles. The molecule has 0 aromatic rings. The highest BCUT2D eigenvalue weighted by molar-refractivity contribution is 4.59. The standard InChI is InChI=1S/C4H10N2O3/c1-4(2)5(7)3-6(8)9/h4,8H,3H2,1-2H3/q-2. The van der Waals surface area contributed by atoms with Crippen molar-refractivity contribution in [2.24, 2.45) is 0 Å². The number of hydrogen-bond acceptors (Lipinski definition) is 5. The molecule has 0 radical (unpaired) electrons. The highest BCUT2D eigenvalue weighted by atomic mass is 16.8. The second-order valence-corrected chi connectivity index (χ2v) is 2.00. The third kappa shape index (κ3) is 4.31. The van der Waals surface area contributed by atoms with Crippen LogP contribution >= 0.6 is 0 Å². The predicted molar refractivity (Wildman–Crippen MR) is 32.2 cm³/mol. The van der Waals surface area contributed by atoms with Gasteiger partial charge in [0.25, 0.3) is 0 Å². The molecular formula is C4H10N2O3-2. The summed E-state index contributed by atoms with van der Waals surface area (Å²) in [5.74, 6) is 0. The Morgan fingerprint density at radius 1 is 1.44 bits per heavy atom. The quantitative estimate of drug-likeness (QED) is 0.445. The van der Waals surface area contributed by atoms with Crippen LogP contribution in [-0.4, -0.2) is 28.2 Å². The average molecular weight is 134 g/mol. The average Bonchev–Trinajstić information content (AvgIpc) is 1.63. The molecule has 0 aliphatic heterocycles. The third-order valence-electron chi connectivity index (χ3n) is 0.836. The molecule has 0 unspecified atom stereocenters. The van der Waals surface area contributed by atoms with Crippen molar-refractivity contribution in [1.82, 2.24) is 10.3 Å². The Morgan fingerprint density at radius 2 is 1.89 bits per heavy atom. The lowest BCUT2D eigenvalue weighted by Gasteiger charge is -2.37. The summed E-state index contributed by atoms with van der Waals surface area (Å²) in [7, 11) is 0. The van der Waals surface area contributed by atoms with E-state index in [0.29, 0.717) is 5.06 Å². The summed E-state index contributed by atoms with van der Waals surface area (Å²) in [5, 5.41) is 28.3. The third-order valence-corrected chi connectivity index (χ3v) is 0.836. The van der Waals surface area contributed by atoms with Gasteiger partial charge in [-0.2, -0.15) is 0 Å². The maximum atomic E-state index is 10.5. The first kappa shape index (κ1) is 8.80. The van der Waals surface area contributed by atoms with Gasteiger partial charge in [-0.25, -0.2) is 0 Å². The van der Waals surface area contributed by atoms with Gasteiger partial charge in [0.15, 0.2) is 0 Å². The molecule has 56 valence electrons. The Balaban J connectivity index is 3.38. The minimum atomic E-state index is -0.516. The summed E-state index contributed by atoms with van der Waals surface area (Å²) in [4.78, 5) is 0. The first-order valence-electron chi connectivity index (χ1n) is 2.61. The number of hydrogen-bond donors (Lipinski definition) is 1. The van der Waals surface area contributed by atoms with Crippen molar-refractivity contribution in [3.8, 4) is 0 Å². The van der Waals surface area contributed by atoms with Crippen LogP contribution in [-0.2, 0) is 0 Å². The number of hydroxylamine groups is 4. The van der Waals surface area contributed by atoms with Gasteiger partial charge in [-0.15, -0.1) is 0 Å². The minimum absolute atomic E-state index is 0.270. The van der Waals surface area contributed by atoms with E-state index in [1.54, 1.807) is 13.8 Å². The van der Waals surface area contributed by atoms with Crippen LogP contribution in [0.1, 0.15) is 13.8 Å². The molecule has 0 aliphatic carbocycles. The fraction of sp³-hybridized carbons (Fsp3) is 1.00. The smallest absolute Gasteiger partial charge is 0.0507 e. The van der Waals surface area contributed by atoms with Crippen molar-refractivity contribution in [1.29, 1.82) is 0 Å². The molecule has 0 fully saturated rings. The van der Waals surface area contributed by atoms with Crippen molar-refractivity contribution < 1.29 is 5.21 Å². The second kappa shape index (κ2) is 3.76. The number of rotatable bonds is 3. The van der Waals surface area contributed by atoms with Gasteiger partial charge in [0.2, 0.25) is 0 Å². The van der Waals surface area contributed by atoms with Gasteiger partial charge in [0.05, 0.1) is 6.67 Å². The topological polar surface area (TPSA) is 72.8 Å². The molecule has 0 rings (SSSR count). The monoisotopic (exact) mass is 134 g/mol. The van der Waals surface area contributed by atoms with Gasteiger partial charge in [0.1, 0.15) is 0 Å². The molecule has 0 saturated heterocycles. The van der Waals surface area contributed by atoms with E-state index in [0.717, 1.165) is 0 Å². The summed E-state index contributed by atoms with van der Waals surface area (Å²) in [6.07, 6.45) is 0. The molecular weight excluding hydrogens is 124 g/mol. The summed E-state index contributed by atoms with van der Waals surface area (Å²) >= 11 is 0. The Morgan fingerprint density at radius 3 is 2.00 bits per heavy atom. The second-order valence-electron chi connectivity index (χ2n) is 2.00. The molecule has 0 atom stereocenters. The minimum Gasteiger partial charge on any atom is -0.784 e. The van der Waals surface area contributed by atoms with Crippen LogP contribution in [0.2, 0.25) is 0 Å². The first-order chi connectivity index (χ1) is 4.04. The highest BCUT2D eigenvalue weighted by Crippen LogP contribution is 1.94. The first-order valence-corrected chi connectivity index (χ1v) is 2.61. The van der Waals surface area contributed by atoms with E-state index in [-0.39, 0.29) is 6.04 Å². The fourth-order valence-electron chi connectivity index (χ4n) is 0.283. The molecule has 5 nitrogen and oxygen atoms in total. The predicted octanol–water partition coefficient (Wildman–Crippen LogP) is 0.341. The zero-order valence-electron chi connectivity index (χ0n) is 5.44. The zero-order chi connectivity index (χ0) is 7.44. The van der Waals surface area contributed by atoms with Gasteiger partial charge in [-0.05, 0) is 6.04 Å². The molecule has 0 bridgehead atoms. The van der Waals surface area contributed by atoms with Crippen molar-refractivity contribution in [3.63, 3.8) is 0 Å². The molecule has 0 amide bonds. The normalized spacial score (nSPS) is 12.0. The Hall–Kier alpha value is -0.200. The van der Waals surface area contributed by atoms with E-state index < -0.39 is 11.9 Å². The van der Waals surface area contributed by atoms with Gasteiger partial charge in [-0.1, -0.05) is 13.8 Å². The lowest BCUT2D eigenvalue weighted by atomic mass is 10.4. The van der Waals surface area contributed by atoms with E-state index in [1.165, 1.54) is 0 Å². The van der Waals surface area contributed by atoms with Crippen molar-refractivity contribution in [2.75, 3.05) is 6.67 Å². The van der Waals surface area contributed by atoms with E-state index in [4.69, 9.17) is 5.21 Å². The summed E-state index contributed by atoms with van der Waals surface area (Å²) in [6.45, 7) is 2.75. The van der Waals surface area contributed by atoms with E-state index in [2.05, 4.69) is 0 Å². The molecule has 1 N–H and O–H groups in total. The Bertz CT molecular complexity index is 76.2.